The molecule has 2 amide bonds. The average Bonchev–Trinajstić information content (AvgIpc) is 2.79. The Labute approximate surface area is 175 Å². The monoisotopic (exact) mass is 400 g/mol. The summed E-state index contributed by atoms with van der Waals surface area (Å²) in [6, 6.07) is 22.9. The van der Waals surface area contributed by atoms with Crippen LogP contribution < -0.4 is 16.0 Å². The van der Waals surface area contributed by atoms with Crippen LogP contribution in [0.5, 0.6) is 0 Å². The highest BCUT2D eigenvalue weighted by atomic mass is 16.2. The first kappa shape index (κ1) is 20.8. The molecule has 0 spiro atoms. The van der Waals surface area contributed by atoms with Crippen molar-refractivity contribution in [1.82, 2.24) is 5.32 Å². The summed E-state index contributed by atoms with van der Waals surface area (Å²) in [5.74, 6) is -0.664. The molecule has 3 aromatic rings. The molecule has 0 bridgehead atoms. The highest BCUT2D eigenvalue weighted by Gasteiger charge is 2.23. The van der Waals surface area contributed by atoms with Crippen molar-refractivity contribution in [3.63, 3.8) is 0 Å². The quantitative estimate of drug-likeness (QED) is 0.434. The summed E-state index contributed by atoms with van der Waals surface area (Å²) in [6.45, 7) is 0. The van der Waals surface area contributed by atoms with E-state index in [2.05, 4.69) is 16.0 Å². The number of anilines is 2. The summed E-state index contributed by atoms with van der Waals surface area (Å²) in [4.78, 5) is 25.8. The second kappa shape index (κ2) is 10.0. The Morgan fingerprint density at radius 3 is 2.17 bits per heavy atom. The molecule has 0 saturated heterocycles. The van der Waals surface area contributed by atoms with Gasteiger partial charge in [0, 0.05) is 36.5 Å². The van der Waals surface area contributed by atoms with E-state index in [0.29, 0.717) is 23.2 Å². The lowest BCUT2D eigenvalue weighted by atomic mass is 10.0. The Hall–Kier alpha value is -3.93. The molecule has 6 nitrogen and oxygen atoms in total. The molecule has 4 N–H and O–H groups in total. The molecule has 3 rings (SSSR count). The molecule has 0 aromatic heterocycles. The minimum absolute atomic E-state index is 0.317. The van der Waals surface area contributed by atoms with E-state index in [1.54, 1.807) is 43.4 Å². The van der Waals surface area contributed by atoms with E-state index in [0.717, 1.165) is 11.3 Å². The van der Waals surface area contributed by atoms with Gasteiger partial charge in [-0.3, -0.25) is 9.59 Å². The van der Waals surface area contributed by atoms with E-state index in [-0.39, 0.29) is 11.8 Å². The first-order valence-electron chi connectivity index (χ1n) is 9.64. The summed E-state index contributed by atoms with van der Waals surface area (Å²) in [6.07, 6.45) is 1.53. The van der Waals surface area contributed by atoms with Crippen LogP contribution in [0.4, 0.5) is 11.4 Å². The normalized spacial score (nSPS) is 11.2. The van der Waals surface area contributed by atoms with Crippen LogP contribution in [0.1, 0.15) is 21.5 Å². The molecular weight excluding hydrogens is 376 g/mol. The first-order chi connectivity index (χ1) is 14.6. The van der Waals surface area contributed by atoms with Crippen molar-refractivity contribution in [2.45, 2.75) is 12.5 Å². The molecule has 3 aromatic carbocycles. The number of amides is 2. The molecule has 30 heavy (non-hydrogen) atoms. The van der Waals surface area contributed by atoms with Crippen molar-refractivity contribution in [3.05, 3.63) is 95.6 Å². The number of hydrogen-bond donors (Lipinski definition) is 4. The lowest BCUT2D eigenvalue weighted by Crippen LogP contribution is -2.45. The maximum absolute atomic E-state index is 13.1. The minimum Gasteiger partial charge on any atom is -0.388 e. The SMILES string of the molecule is CNc1cccc(NC(=O)C(Cc2ccccc2)NC(=O)c2ccccc2)c1C=N. The lowest BCUT2D eigenvalue weighted by molar-refractivity contribution is -0.118. The topological polar surface area (TPSA) is 94.1 Å². The third-order valence-electron chi connectivity index (χ3n) is 4.72. The smallest absolute Gasteiger partial charge is 0.251 e. The number of rotatable bonds is 8. The third kappa shape index (κ3) is 5.11. The van der Waals surface area contributed by atoms with Crippen molar-refractivity contribution >= 4 is 29.4 Å². The van der Waals surface area contributed by atoms with Crippen LogP contribution in [-0.4, -0.2) is 31.1 Å². The Morgan fingerprint density at radius 2 is 1.53 bits per heavy atom. The number of benzene rings is 3. The van der Waals surface area contributed by atoms with Gasteiger partial charge in [0.15, 0.2) is 0 Å². The fraction of sp³-hybridized carbons (Fsp3) is 0.125. The van der Waals surface area contributed by atoms with E-state index in [4.69, 9.17) is 5.41 Å². The van der Waals surface area contributed by atoms with Crippen LogP contribution in [0.15, 0.2) is 78.9 Å². The van der Waals surface area contributed by atoms with Gasteiger partial charge in [-0.2, -0.15) is 0 Å². The van der Waals surface area contributed by atoms with E-state index >= 15 is 0 Å². The van der Waals surface area contributed by atoms with E-state index < -0.39 is 6.04 Å². The molecule has 0 aliphatic carbocycles. The third-order valence-corrected chi connectivity index (χ3v) is 4.72. The fourth-order valence-corrected chi connectivity index (χ4v) is 3.16. The molecule has 0 saturated carbocycles. The standard InChI is InChI=1S/C24H24N4O2/c1-26-20-13-8-14-21(19(20)16-25)27-24(30)22(15-17-9-4-2-5-10-17)28-23(29)18-11-6-3-7-12-18/h2-14,16,22,25-26H,15H2,1H3,(H,27,30)(H,28,29). The second-order valence-electron chi connectivity index (χ2n) is 6.73. The van der Waals surface area contributed by atoms with Gasteiger partial charge in [0.05, 0.1) is 5.69 Å². The zero-order chi connectivity index (χ0) is 21.3. The summed E-state index contributed by atoms with van der Waals surface area (Å²) < 4.78 is 0. The molecule has 0 heterocycles. The van der Waals surface area contributed by atoms with Gasteiger partial charge in [-0.15, -0.1) is 0 Å². The van der Waals surface area contributed by atoms with Crippen molar-refractivity contribution in [1.29, 1.82) is 5.41 Å². The fourth-order valence-electron chi connectivity index (χ4n) is 3.16. The Balaban J connectivity index is 1.85. The van der Waals surface area contributed by atoms with Crippen LogP contribution in [0.2, 0.25) is 0 Å². The van der Waals surface area contributed by atoms with Gasteiger partial charge in [-0.25, -0.2) is 0 Å². The highest BCUT2D eigenvalue weighted by Crippen LogP contribution is 2.22. The summed E-state index contributed by atoms with van der Waals surface area (Å²) in [7, 11) is 1.76. The minimum atomic E-state index is -0.781. The zero-order valence-electron chi connectivity index (χ0n) is 16.7. The zero-order valence-corrected chi connectivity index (χ0v) is 16.7. The van der Waals surface area contributed by atoms with Crippen molar-refractivity contribution in [2.75, 3.05) is 17.7 Å². The van der Waals surface area contributed by atoms with Gasteiger partial charge in [-0.1, -0.05) is 54.6 Å². The van der Waals surface area contributed by atoms with Crippen molar-refractivity contribution in [3.8, 4) is 0 Å². The Bertz CT molecular complexity index is 1020. The average molecular weight is 400 g/mol. The summed E-state index contributed by atoms with van der Waals surface area (Å²) in [5, 5.41) is 16.4. The molecule has 1 unspecified atom stereocenters. The predicted octanol–water partition coefficient (Wildman–Crippen LogP) is 3.71. The molecule has 0 fully saturated rings. The molecule has 0 aliphatic rings. The van der Waals surface area contributed by atoms with Crippen molar-refractivity contribution < 1.29 is 9.59 Å². The first-order valence-corrected chi connectivity index (χ1v) is 9.64. The van der Waals surface area contributed by atoms with Gasteiger partial charge < -0.3 is 21.4 Å². The Kier molecular flexibility index (Phi) is 6.95. The van der Waals surface area contributed by atoms with Gasteiger partial charge in [0.2, 0.25) is 5.91 Å². The molecule has 6 heteroatoms. The second-order valence-corrected chi connectivity index (χ2v) is 6.73. The maximum atomic E-state index is 13.1. The number of carbonyl (C=O) groups excluding carboxylic acids is 2. The van der Waals surface area contributed by atoms with Crippen molar-refractivity contribution in [2.24, 2.45) is 0 Å². The number of hydrogen-bond acceptors (Lipinski definition) is 4. The van der Waals surface area contributed by atoms with Crippen LogP contribution >= 0.6 is 0 Å². The molecule has 0 radical (unpaired) electrons. The van der Waals surface area contributed by atoms with Gasteiger partial charge in [0.25, 0.3) is 5.91 Å². The van der Waals surface area contributed by atoms with Crippen LogP contribution in [0.3, 0.4) is 0 Å². The van der Waals surface area contributed by atoms with Crippen LogP contribution in [0.25, 0.3) is 0 Å². The number of nitrogens with one attached hydrogen (secondary N) is 4. The lowest BCUT2D eigenvalue weighted by Gasteiger charge is -2.20. The van der Waals surface area contributed by atoms with E-state index in [9.17, 15) is 9.59 Å². The number of carbonyl (C=O) groups is 2. The Morgan fingerprint density at radius 1 is 0.900 bits per heavy atom. The van der Waals surface area contributed by atoms with E-state index in [1.165, 1.54) is 6.21 Å². The van der Waals surface area contributed by atoms with Gasteiger partial charge in [0.1, 0.15) is 6.04 Å². The van der Waals surface area contributed by atoms with Crippen LogP contribution in [-0.2, 0) is 11.2 Å². The highest BCUT2D eigenvalue weighted by molar-refractivity contribution is 6.04. The predicted molar refractivity (Wildman–Crippen MR) is 120 cm³/mol. The van der Waals surface area contributed by atoms with Gasteiger partial charge in [-0.05, 0) is 29.8 Å². The van der Waals surface area contributed by atoms with Gasteiger partial charge >= 0.3 is 0 Å². The molecule has 0 aliphatic heterocycles. The van der Waals surface area contributed by atoms with Crippen LogP contribution in [0, 0.1) is 5.41 Å². The summed E-state index contributed by atoms with van der Waals surface area (Å²) >= 11 is 0. The summed E-state index contributed by atoms with van der Waals surface area (Å²) in [5.41, 5.74) is 3.23. The largest absolute Gasteiger partial charge is 0.388 e. The molecular formula is C24H24N4O2. The molecule has 152 valence electrons. The maximum Gasteiger partial charge on any atom is 0.251 e. The molecule has 1 atom stereocenters. The van der Waals surface area contributed by atoms with E-state index in [1.807, 2.05) is 42.5 Å².